The molecule has 0 saturated carbocycles. The van der Waals surface area contributed by atoms with Crippen LogP contribution >= 0.6 is 0 Å². The number of unbranched alkanes of at least 4 members (excludes halogenated alkanes) is 1. The number of rotatable bonds is 15. The van der Waals surface area contributed by atoms with Gasteiger partial charge < -0.3 is 37.6 Å². The number of aliphatic carboxylic acids is 2. The number of carboxylic acids is 2. The fourth-order valence-electron chi connectivity index (χ4n) is 2.39. The van der Waals surface area contributed by atoms with E-state index in [1.807, 2.05) is 0 Å². The SMILES string of the molecule is CC(C)C(N)C(=O)NC(CCC(=O)O)C(=O)NCC(=O)NC(CCCCN)C(=O)O. The maximum Gasteiger partial charge on any atom is 0.326 e. The lowest BCUT2D eigenvalue weighted by Crippen LogP contribution is -2.54. The lowest BCUT2D eigenvalue weighted by atomic mass is 10.0. The van der Waals surface area contributed by atoms with E-state index in [-0.39, 0.29) is 25.2 Å². The Kier molecular flexibility index (Phi) is 13.0. The first-order valence-corrected chi connectivity index (χ1v) is 9.77. The first kappa shape index (κ1) is 27.3. The van der Waals surface area contributed by atoms with Gasteiger partial charge in [-0.15, -0.1) is 0 Å². The highest BCUT2D eigenvalue weighted by Crippen LogP contribution is 2.03. The molecule has 172 valence electrons. The minimum Gasteiger partial charge on any atom is -0.481 e. The van der Waals surface area contributed by atoms with Crippen LogP contribution in [0.1, 0.15) is 46.0 Å². The van der Waals surface area contributed by atoms with Crippen LogP contribution in [0.2, 0.25) is 0 Å². The van der Waals surface area contributed by atoms with Crippen molar-refractivity contribution in [2.45, 2.75) is 64.1 Å². The second-order valence-electron chi connectivity index (χ2n) is 7.22. The molecule has 3 atom stereocenters. The van der Waals surface area contributed by atoms with Gasteiger partial charge in [0.05, 0.1) is 12.6 Å². The zero-order chi connectivity index (χ0) is 23.3. The average Bonchev–Trinajstić information content (AvgIpc) is 2.67. The van der Waals surface area contributed by atoms with Crippen LogP contribution in [0.15, 0.2) is 0 Å². The lowest BCUT2D eigenvalue weighted by Gasteiger charge is -2.22. The van der Waals surface area contributed by atoms with Gasteiger partial charge in [0, 0.05) is 6.42 Å². The fourth-order valence-corrected chi connectivity index (χ4v) is 2.39. The summed E-state index contributed by atoms with van der Waals surface area (Å²) in [6.07, 6.45) is 0.732. The quantitative estimate of drug-likeness (QED) is 0.144. The number of nitrogens with two attached hydrogens (primary N) is 2. The van der Waals surface area contributed by atoms with Gasteiger partial charge in [-0.25, -0.2) is 4.79 Å². The second kappa shape index (κ2) is 14.3. The van der Waals surface area contributed by atoms with E-state index in [2.05, 4.69) is 16.0 Å². The Labute approximate surface area is 175 Å². The first-order valence-electron chi connectivity index (χ1n) is 9.77. The molecular weight excluding hydrogens is 398 g/mol. The predicted molar refractivity (Wildman–Crippen MR) is 107 cm³/mol. The van der Waals surface area contributed by atoms with Gasteiger partial charge in [0.25, 0.3) is 0 Å². The summed E-state index contributed by atoms with van der Waals surface area (Å²) in [5, 5.41) is 25.0. The van der Waals surface area contributed by atoms with Gasteiger partial charge in [0.15, 0.2) is 0 Å². The number of hydrogen-bond acceptors (Lipinski definition) is 7. The van der Waals surface area contributed by atoms with Crippen molar-refractivity contribution in [1.82, 2.24) is 16.0 Å². The van der Waals surface area contributed by atoms with Crippen LogP contribution in [0.3, 0.4) is 0 Å². The van der Waals surface area contributed by atoms with Crippen LogP contribution in [-0.4, -0.2) is 71.1 Å². The monoisotopic (exact) mass is 431 g/mol. The Balaban J connectivity index is 4.83. The van der Waals surface area contributed by atoms with Crippen LogP contribution in [0.4, 0.5) is 0 Å². The van der Waals surface area contributed by atoms with Crippen molar-refractivity contribution in [3.05, 3.63) is 0 Å². The molecule has 0 aromatic rings. The van der Waals surface area contributed by atoms with Gasteiger partial charge in [-0.05, 0) is 38.1 Å². The summed E-state index contributed by atoms with van der Waals surface area (Å²) in [6.45, 7) is 3.30. The third kappa shape index (κ3) is 11.3. The maximum absolute atomic E-state index is 12.3. The summed E-state index contributed by atoms with van der Waals surface area (Å²) >= 11 is 0. The third-order valence-electron chi connectivity index (χ3n) is 4.30. The molecule has 0 bridgehead atoms. The number of carboxylic acid groups (broad SMARTS) is 2. The van der Waals surface area contributed by atoms with E-state index in [1.54, 1.807) is 13.8 Å². The van der Waals surface area contributed by atoms with E-state index in [4.69, 9.17) is 21.7 Å². The molecule has 0 rings (SSSR count). The molecule has 0 radical (unpaired) electrons. The number of carbonyl (C=O) groups excluding carboxylic acids is 3. The van der Waals surface area contributed by atoms with E-state index in [0.29, 0.717) is 19.4 Å². The zero-order valence-electron chi connectivity index (χ0n) is 17.3. The summed E-state index contributed by atoms with van der Waals surface area (Å²) in [7, 11) is 0. The van der Waals surface area contributed by atoms with Gasteiger partial charge in [-0.1, -0.05) is 13.8 Å². The minimum atomic E-state index is -1.21. The van der Waals surface area contributed by atoms with E-state index < -0.39 is 54.3 Å². The summed E-state index contributed by atoms with van der Waals surface area (Å²) in [5.74, 6) is -4.69. The molecule has 0 aromatic carbocycles. The van der Waals surface area contributed by atoms with Crippen LogP contribution < -0.4 is 27.4 Å². The number of carbonyl (C=O) groups is 5. The summed E-state index contributed by atoms with van der Waals surface area (Å²) < 4.78 is 0. The lowest BCUT2D eigenvalue weighted by molar-refractivity contribution is -0.142. The van der Waals surface area contributed by atoms with Crippen LogP contribution in [0.25, 0.3) is 0 Å². The molecule has 0 aliphatic heterocycles. The topological polar surface area (TPSA) is 214 Å². The Morgan fingerprint density at radius 1 is 0.900 bits per heavy atom. The number of amides is 3. The van der Waals surface area contributed by atoms with Gasteiger partial charge in [-0.2, -0.15) is 0 Å². The molecule has 30 heavy (non-hydrogen) atoms. The molecule has 0 saturated heterocycles. The van der Waals surface area contributed by atoms with Crippen LogP contribution in [0.5, 0.6) is 0 Å². The van der Waals surface area contributed by atoms with Crippen molar-refractivity contribution >= 4 is 29.7 Å². The third-order valence-corrected chi connectivity index (χ3v) is 4.30. The average molecular weight is 431 g/mol. The normalized spacial score (nSPS) is 13.8. The highest BCUT2D eigenvalue weighted by molar-refractivity contribution is 5.92. The molecular formula is C18H33N5O7. The van der Waals surface area contributed by atoms with E-state index in [0.717, 1.165) is 0 Å². The van der Waals surface area contributed by atoms with Gasteiger partial charge in [-0.3, -0.25) is 19.2 Å². The van der Waals surface area contributed by atoms with Crippen molar-refractivity contribution in [2.75, 3.05) is 13.1 Å². The Morgan fingerprint density at radius 3 is 2.03 bits per heavy atom. The highest BCUT2D eigenvalue weighted by atomic mass is 16.4. The maximum atomic E-state index is 12.3. The van der Waals surface area contributed by atoms with Crippen molar-refractivity contribution in [3.8, 4) is 0 Å². The molecule has 0 aliphatic carbocycles. The smallest absolute Gasteiger partial charge is 0.326 e. The predicted octanol–water partition coefficient (Wildman–Crippen LogP) is -1.87. The van der Waals surface area contributed by atoms with Gasteiger partial charge >= 0.3 is 11.9 Å². The molecule has 3 unspecified atom stereocenters. The van der Waals surface area contributed by atoms with E-state index >= 15 is 0 Å². The van der Waals surface area contributed by atoms with E-state index in [9.17, 15) is 24.0 Å². The largest absolute Gasteiger partial charge is 0.481 e. The van der Waals surface area contributed by atoms with Crippen molar-refractivity contribution < 1.29 is 34.2 Å². The molecule has 0 fully saturated rings. The molecule has 9 N–H and O–H groups in total. The van der Waals surface area contributed by atoms with Gasteiger partial charge in [0.1, 0.15) is 12.1 Å². The molecule has 0 spiro atoms. The first-order chi connectivity index (χ1) is 14.0. The molecule has 12 nitrogen and oxygen atoms in total. The van der Waals surface area contributed by atoms with Crippen molar-refractivity contribution in [2.24, 2.45) is 17.4 Å². The van der Waals surface area contributed by atoms with Crippen LogP contribution in [-0.2, 0) is 24.0 Å². The van der Waals surface area contributed by atoms with Crippen molar-refractivity contribution in [1.29, 1.82) is 0 Å². The minimum absolute atomic E-state index is 0.191. The Morgan fingerprint density at radius 2 is 1.53 bits per heavy atom. The fraction of sp³-hybridized carbons (Fsp3) is 0.722. The molecule has 0 aromatic heterocycles. The number of nitrogens with one attached hydrogen (secondary N) is 3. The van der Waals surface area contributed by atoms with Crippen molar-refractivity contribution in [3.63, 3.8) is 0 Å². The zero-order valence-corrected chi connectivity index (χ0v) is 17.3. The summed E-state index contributed by atoms with van der Waals surface area (Å²) in [6, 6.07) is -3.21. The second-order valence-corrected chi connectivity index (χ2v) is 7.22. The Bertz CT molecular complexity index is 612. The summed E-state index contributed by atoms with van der Waals surface area (Å²) in [5.41, 5.74) is 11.1. The van der Waals surface area contributed by atoms with E-state index in [1.165, 1.54) is 0 Å². The Hall–Kier alpha value is -2.73. The highest BCUT2D eigenvalue weighted by Gasteiger charge is 2.26. The molecule has 0 aliphatic rings. The number of hydrogen-bond donors (Lipinski definition) is 7. The van der Waals surface area contributed by atoms with Gasteiger partial charge in [0.2, 0.25) is 17.7 Å². The van der Waals surface area contributed by atoms with Crippen LogP contribution in [0, 0.1) is 5.92 Å². The standard InChI is InChI=1S/C18H33N5O7/c1-10(2)15(20)17(28)23-11(6-7-14(25)26)16(27)21-9-13(24)22-12(18(29)30)5-3-4-8-19/h10-12,15H,3-9,19-20H2,1-2H3,(H,21,27)(H,22,24)(H,23,28)(H,25,26)(H,29,30). The molecule has 0 heterocycles. The molecule has 3 amide bonds. The molecule has 12 heteroatoms. The summed E-state index contributed by atoms with van der Waals surface area (Å²) in [4.78, 5) is 58.5.